The molecule has 0 saturated heterocycles. The number of ether oxygens (including phenoxy) is 1. The number of nitrogens with zero attached hydrogens (tertiary/aromatic N) is 4. The second-order valence-electron chi connectivity index (χ2n) is 30.6. The van der Waals surface area contributed by atoms with Gasteiger partial charge in [0.15, 0.2) is 0 Å². The molecule has 9 aromatic carbocycles. The number of pyridine rings is 1. The van der Waals surface area contributed by atoms with E-state index in [9.17, 15) is 0 Å². The molecule has 0 bridgehead atoms. The van der Waals surface area contributed by atoms with Gasteiger partial charge >= 0.3 is 0 Å². The molecular weight excluding hydrogens is 1290 g/mol. The van der Waals surface area contributed by atoms with Crippen LogP contribution < -0.4 is 9.30 Å². The predicted octanol–water partition coefficient (Wildman–Crippen LogP) is 22.4. The largest absolute Gasteiger partial charge is 0.510 e. The first kappa shape index (κ1) is 54.6. The van der Waals surface area contributed by atoms with E-state index in [1.54, 1.807) is 0 Å². The number of para-hydroxylation sites is 2. The predicted molar refractivity (Wildman–Crippen MR) is 379 cm³/mol. The van der Waals surface area contributed by atoms with Crippen molar-refractivity contribution in [3.8, 4) is 73.2 Å². The molecule has 6 heteroatoms. The molecular formula is C85H88N4OPt-2. The first-order valence-corrected chi connectivity index (χ1v) is 31.4. The number of fused-ring (bicyclic) bond motifs is 4. The molecule has 0 aliphatic rings. The zero-order chi connectivity index (χ0) is 71.1. The van der Waals surface area contributed by atoms with E-state index in [4.69, 9.17) is 20.7 Å². The second kappa shape index (κ2) is 23.5. The average molecular weight is 1380 g/mol. The zero-order valence-electron chi connectivity index (χ0n) is 64.0. The molecule has 0 radical (unpaired) electrons. The van der Waals surface area contributed by atoms with Gasteiger partial charge in [-0.1, -0.05) is 263 Å². The van der Waals surface area contributed by atoms with Crippen LogP contribution >= 0.6 is 0 Å². The summed E-state index contributed by atoms with van der Waals surface area (Å²) >= 11 is 0. The van der Waals surface area contributed by atoms with Gasteiger partial charge in [-0.3, -0.25) is 4.57 Å². The Hall–Kier alpha value is -8.11. The van der Waals surface area contributed by atoms with Gasteiger partial charge < -0.3 is 13.9 Å². The van der Waals surface area contributed by atoms with Gasteiger partial charge in [0.25, 0.3) is 6.33 Å². The van der Waals surface area contributed by atoms with Crippen LogP contribution in [0, 0.1) is 25.3 Å². The van der Waals surface area contributed by atoms with Crippen molar-refractivity contribution in [1.29, 1.82) is 0 Å². The molecule has 91 heavy (non-hydrogen) atoms. The number of hydrogen-bond donors (Lipinski definition) is 0. The van der Waals surface area contributed by atoms with Crippen LogP contribution in [0.5, 0.6) is 11.5 Å². The van der Waals surface area contributed by atoms with E-state index in [2.05, 4.69) is 243 Å². The third kappa shape index (κ3) is 12.8. The van der Waals surface area contributed by atoms with Crippen LogP contribution in [0.15, 0.2) is 188 Å². The maximum absolute atomic E-state index is 8.77. The van der Waals surface area contributed by atoms with Crippen molar-refractivity contribution in [1.82, 2.24) is 14.1 Å². The van der Waals surface area contributed by atoms with Gasteiger partial charge in [0.05, 0.1) is 23.6 Å². The Kier molecular flexibility index (Phi) is 14.1. The van der Waals surface area contributed by atoms with E-state index in [0.717, 1.165) is 60.9 Å². The quantitative estimate of drug-likeness (QED) is 0.107. The topological polar surface area (TPSA) is 35.9 Å². The van der Waals surface area contributed by atoms with Crippen LogP contribution in [0.3, 0.4) is 0 Å². The van der Waals surface area contributed by atoms with E-state index >= 15 is 0 Å². The number of benzene rings is 9. The molecule has 0 saturated carbocycles. The summed E-state index contributed by atoms with van der Waals surface area (Å²) in [6.07, 6.45) is 5.30. The first-order chi connectivity index (χ1) is 45.6. The van der Waals surface area contributed by atoms with Crippen molar-refractivity contribution < 1.29 is 41.3 Å². The molecule has 0 atom stereocenters. The number of aryl methyl sites for hydroxylation is 1. The minimum atomic E-state index is -2.78. The van der Waals surface area contributed by atoms with Crippen LogP contribution in [0.1, 0.15) is 175 Å². The van der Waals surface area contributed by atoms with Crippen molar-refractivity contribution in [3.05, 3.63) is 245 Å². The third-order valence-electron chi connectivity index (χ3n) is 17.5. The van der Waals surface area contributed by atoms with Gasteiger partial charge in [-0.05, 0) is 147 Å². The van der Waals surface area contributed by atoms with Gasteiger partial charge in [0.2, 0.25) is 0 Å². The van der Waals surface area contributed by atoms with Crippen molar-refractivity contribution >= 4 is 32.8 Å². The van der Waals surface area contributed by atoms with Crippen LogP contribution in [0.25, 0.3) is 94.5 Å². The summed E-state index contributed by atoms with van der Waals surface area (Å²) in [5.74, 6) is 0.980. The van der Waals surface area contributed by atoms with Crippen LogP contribution in [0.4, 0.5) is 0 Å². The van der Waals surface area contributed by atoms with Crippen molar-refractivity contribution in [2.24, 2.45) is 0 Å². The molecule has 0 aliphatic heterocycles. The molecule has 466 valence electrons. The van der Waals surface area contributed by atoms with Gasteiger partial charge in [0.1, 0.15) is 5.82 Å². The molecule has 12 rings (SSSR count). The molecule has 0 unspecified atom stereocenters. The number of imidazole rings is 1. The summed E-state index contributed by atoms with van der Waals surface area (Å²) in [6, 6.07) is 58.1. The maximum atomic E-state index is 8.77. The summed E-state index contributed by atoms with van der Waals surface area (Å²) in [5.41, 5.74) is 17.4. The SMILES string of the molecule is [2H]c1c([2H])c([2H])c(-c2cnc(-n3c4[c-]c(Oc5[c-]c(-n6[c-][n+](-c7c(-c8cc(C(C)(C)C)cc(C(C)(C)C)c8)cccc7-c7cc(C(C)(C)C)cc(C(C)(C)C)c7)c7ccc(-c8cc(C(C)(C)C)cc(C(C)(C)C)c8)cc76)ccc5)ccc4c4ccccc43)cc2C([2H])([2H])[2H])c([2H])c1[2H].[Pt]. The molecule has 0 aliphatic carbocycles. The van der Waals surface area contributed by atoms with E-state index in [0.29, 0.717) is 28.2 Å². The van der Waals surface area contributed by atoms with Gasteiger partial charge in [-0.2, -0.15) is 18.2 Å². The van der Waals surface area contributed by atoms with Crippen LogP contribution in [-0.4, -0.2) is 14.1 Å². The number of aromatic nitrogens is 4. The summed E-state index contributed by atoms with van der Waals surface area (Å²) in [7, 11) is 0. The Labute approximate surface area is 567 Å². The van der Waals surface area contributed by atoms with Crippen LogP contribution in [-0.2, 0) is 53.6 Å². The Bertz CT molecular complexity index is 4970. The van der Waals surface area contributed by atoms with Crippen molar-refractivity contribution in [2.45, 2.75) is 164 Å². The Morgan fingerprint density at radius 2 is 0.967 bits per heavy atom. The van der Waals surface area contributed by atoms with E-state index in [-0.39, 0.29) is 76.1 Å². The monoisotopic (exact) mass is 1380 g/mol. The standard InChI is InChI=1S/C85H88N4O.Pt/c1-54-39-78(86-52-73(54)55-27-21-20-22-28-55)89-74-34-24-23-31-71(74)72-37-36-68(51-76(72)89)90-67-30-25-29-66(50-67)87-53-88(75-38-35-56(46-77(75)87)57-40-60(80(2,3)4)47-61(41-57)81(5,6)7)79-69(58-42-62(82(8,9)10)48-63(43-58)83(11,12)13)32-26-33-70(79)59-44-64(84(14,15)16)49-65(45-59)85(17,18)19;/h20-49,52H,1-19H3;/q-2;/i1D3,20D,21D,22D,27D,28D;. The Morgan fingerprint density at radius 1 is 0.451 bits per heavy atom. The Balaban J connectivity index is 0.00000990. The molecule has 0 fully saturated rings. The van der Waals surface area contributed by atoms with E-state index in [1.165, 1.54) is 45.6 Å². The second-order valence-corrected chi connectivity index (χ2v) is 30.6. The number of hydrogen-bond acceptors (Lipinski definition) is 2. The van der Waals surface area contributed by atoms with Gasteiger partial charge in [-0.25, -0.2) is 4.98 Å². The fourth-order valence-electron chi connectivity index (χ4n) is 11.9. The summed E-state index contributed by atoms with van der Waals surface area (Å²) in [6.45, 7) is 38.3. The molecule has 0 N–H and O–H groups in total. The molecule has 3 aromatic heterocycles. The van der Waals surface area contributed by atoms with E-state index in [1.807, 2.05) is 59.2 Å². The Morgan fingerprint density at radius 3 is 1.51 bits per heavy atom. The fraction of sp³-hybridized carbons (Fsp3) is 0.294. The normalized spacial score (nSPS) is 14.1. The molecule has 0 amide bonds. The summed E-state index contributed by atoms with van der Waals surface area (Å²) in [5, 5.41) is 1.65. The average Bonchev–Trinajstić information content (AvgIpc) is 0.847. The number of rotatable bonds is 9. The first-order valence-electron chi connectivity index (χ1n) is 35.4. The molecule has 5 nitrogen and oxygen atoms in total. The van der Waals surface area contributed by atoms with Gasteiger partial charge in [-0.15, -0.1) is 29.7 Å². The van der Waals surface area contributed by atoms with Gasteiger partial charge in [0, 0.05) is 54.0 Å². The fourth-order valence-corrected chi connectivity index (χ4v) is 11.9. The van der Waals surface area contributed by atoms with Crippen molar-refractivity contribution in [3.63, 3.8) is 0 Å². The maximum Gasteiger partial charge on any atom is 0.268 e. The minimum Gasteiger partial charge on any atom is -0.510 e. The smallest absolute Gasteiger partial charge is 0.268 e. The summed E-state index contributed by atoms with van der Waals surface area (Å²) in [4.78, 5) is 4.80. The molecule has 3 heterocycles. The molecule has 0 spiro atoms. The van der Waals surface area contributed by atoms with Crippen molar-refractivity contribution in [2.75, 3.05) is 0 Å². The third-order valence-corrected chi connectivity index (χ3v) is 17.5. The summed E-state index contributed by atoms with van der Waals surface area (Å²) < 4.78 is 81.8. The minimum absolute atomic E-state index is 0. The molecule has 12 aromatic rings. The van der Waals surface area contributed by atoms with Crippen LogP contribution in [0.2, 0.25) is 0 Å². The van der Waals surface area contributed by atoms with E-state index < -0.39 is 37.1 Å². The zero-order valence-corrected chi connectivity index (χ0v) is 58.3.